The number of hydrogen-bond acceptors (Lipinski definition) is 5. The number of carbonyl (C=O) groups is 1. The van der Waals surface area contributed by atoms with Crippen LogP contribution in [0.5, 0.6) is 0 Å². The molecule has 0 unspecified atom stereocenters. The Morgan fingerprint density at radius 2 is 2.22 bits per heavy atom. The lowest BCUT2D eigenvalue weighted by atomic mass is 10.3. The van der Waals surface area contributed by atoms with Gasteiger partial charge >= 0.3 is 5.97 Å². The van der Waals surface area contributed by atoms with Crippen molar-refractivity contribution in [1.29, 1.82) is 0 Å². The molecule has 0 spiro atoms. The Kier molecular flexibility index (Phi) is 3.61. The second-order valence-corrected chi connectivity index (χ2v) is 4.67. The van der Waals surface area contributed by atoms with Gasteiger partial charge in [-0.1, -0.05) is 11.8 Å². The van der Waals surface area contributed by atoms with Gasteiger partial charge in [-0.2, -0.15) is 0 Å². The van der Waals surface area contributed by atoms with Crippen molar-refractivity contribution in [2.75, 3.05) is 5.75 Å². The van der Waals surface area contributed by atoms with E-state index >= 15 is 0 Å². The molecule has 0 radical (unpaired) electrons. The maximum atomic E-state index is 10.6. The molecule has 0 aliphatic heterocycles. The van der Waals surface area contributed by atoms with E-state index in [9.17, 15) is 4.79 Å². The van der Waals surface area contributed by atoms with Crippen molar-refractivity contribution >= 4 is 17.7 Å². The number of aliphatic carboxylic acids is 1. The first-order valence-electron chi connectivity index (χ1n) is 5.27. The van der Waals surface area contributed by atoms with Crippen LogP contribution in [0, 0.1) is 13.8 Å². The molecule has 0 saturated heterocycles. The number of rotatable bonds is 4. The molecule has 0 aromatic carbocycles. The van der Waals surface area contributed by atoms with Crippen molar-refractivity contribution in [2.45, 2.75) is 19.0 Å². The molecule has 0 bridgehead atoms. The molecule has 0 saturated carbocycles. The fraction of sp³-hybridized carbons (Fsp3) is 0.273. The van der Waals surface area contributed by atoms with E-state index in [2.05, 4.69) is 15.2 Å². The van der Waals surface area contributed by atoms with Gasteiger partial charge in [-0.3, -0.25) is 14.3 Å². The number of pyridine rings is 1. The van der Waals surface area contributed by atoms with E-state index in [1.54, 1.807) is 10.9 Å². The van der Waals surface area contributed by atoms with Crippen molar-refractivity contribution in [3.63, 3.8) is 0 Å². The van der Waals surface area contributed by atoms with Crippen LogP contribution in [-0.2, 0) is 4.79 Å². The molecular weight excluding hydrogens is 252 g/mol. The molecule has 2 rings (SSSR count). The highest BCUT2D eigenvalue weighted by Gasteiger charge is 2.11. The maximum Gasteiger partial charge on any atom is 0.313 e. The number of aromatic nitrogens is 4. The molecule has 0 amide bonds. The van der Waals surface area contributed by atoms with Crippen molar-refractivity contribution in [3.05, 3.63) is 29.8 Å². The number of carboxylic acids is 1. The van der Waals surface area contributed by atoms with Crippen molar-refractivity contribution < 1.29 is 9.90 Å². The Morgan fingerprint density at radius 1 is 1.44 bits per heavy atom. The zero-order valence-electron chi connectivity index (χ0n) is 9.99. The van der Waals surface area contributed by atoms with Gasteiger partial charge in [0.25, 0.3) is 0 Å². The van der Waals surface area contributed by atoms with Gasteiger partial charge in [-0.25, -0.2) is 0 Å². The monoisotopic (exact) mass is 264 g/mol. The maximum absolute atomic E-state index is 10.6. The van der Waals surface area contributed by atoms with E-state index < -0.39 is 5.97 Å². The van der Waals surface area contributed by atoms with Crippen molar-refractivity contribution in [1.82, 2.24) is 19.7 Å². The summed E-state index contributed by atoms with van der Waals surface area (Å²) in [6.45, 7) is 3.82. The molecule has 6 nitrogen and oxygen atoms in total. The Balaban J connectivity index is 2.33. The normalized spacial score (nSPS) is 10.6. The minimum Gasteiger partial charge on any atom is -0.481 e. The van der Waals surface area contributed by atoms with E-state index in [4.69, 9.17) is 5.11 Å². The summed E-state index contributed by atoms with van der Waals surface area (Å²) in [6, 6.07) is 3.82. The Hall–Kier alpha value is -1.89. The summed E-state index contributed by atoms with van der Waals surface area (Å²) in [5.41, 5.74) is 2.65. The molecule has 2 aromatic rings. The topological polar surface area (TPSA) is 80.9 Å². The predicted octanol–water partition coefficient (Wildman–Crippen LogP) is 1.46. The lowest BCUT2D eigenvalue weighted by Gasteiger charge is -2.08. The van der Waals surface area contributed by atoms with E-state index in [1.807, 2.05) is 26.0 Å². The Bertz CT molecular complexity index is 582. The first-order chi connectivity index (χ1) is 8.58. The summed E-state index contributed by atoms with van der Waals surface area (Å²) in [5.74, 6) is -0.926. The average molecular weight is 264 g/mol. The Labute approximate surface area is 108 Å². The van der Waals surface area contributed by atoms with Gasteiger partial charge in [0.2, 0.25) is 0 Å². The highest BCUT2D eigenvalue weighted by Crippen LogP contribution is 2.20. The van der Waals surface area contributed by atoms with E-state index in [0.717, 1.165) is 28.8 Å². The highest BCUT2D eigenvalue weighted by atomic mass is 32.2. The second-order valence-electron chi connectivity index (χ2n) is 3.72. The molecule has 0 aliphatic carbocycles. The van der Waals surface area contributed by atoms with Crippen LogP contribution in [0.3, 0.4) is 0 Å². The molecule has 2 heterocycles. The summed E-state index contributed by atoms with van der Waals surface area (Å²) in [7, 11) is 0. The molecule has 18 heavy (non-hydrogen) atoms. The first-order valence-corrected chi connectivity index (χ1v) is 6.25. The van der Waals surface area contributed by atoms with Gasteiger partial charge in [0.15, 0.2) is 5.16 Å². The quantitative estimate of drug-likeness (QED) is 0.842. The zero-order valence-corrected chi connectivity index (χ0v) is 10.8. The van der Waals surface area contributed by atoms with Crippen molar-refractivity contribution in [2.24, 2.45) is 0 Å². The van der Waals surface area contributed by atoms with E-state index in [-0.39, 0.29) is 5.75 Å². The second kappa shape index (κ2) is 5.18. The van der Waals surface area contributed by atoms with Crippen LogP contribution in [0.25, 0.3) is 5.69 Å². The molecule has 0 aliphatic rings. The molecule has 7 heteroatoms. The third-order valence-electron chi connectivity index (χ3n) is 2.30. The summed E-state index contributed by atoms with van der Waals surface area (Å²) in [4.78, 5) is 14.9. The SMILES string of the molecule is Cc1ccc(-n2cnnc2SCC(=O)O)c(C)n1. The fourth-order valence-corrected chi connectivity index (χ4v) is 2.19. The van der Waals surface area contributed by atoms with Crippen LogP contribution < -0.4 is 0 Å². The van der Waals surface area contributed by atoms with Crippen LogP contribution in [0.1, 0.15) is 11.4 Å². The third-order valence-corrected chi connectivity index (χ3v) is 3.23. The van der Waals surface area contributed by atoms with Gasteiger partial charge in [-0.15, -0.1) is 10.2 Å². The van der Waals surface area contributed by atoms with Crippen LogP contribution in [0.4, 0.5) is 0 Å². The molecule has 1 N–H and O–H groups in total. The molecule has 0 fully saturated rings. The first kappa shape index (κ1) is 12.6. The highest BCUT2D eigenvalue weighted by molar-refractivity contribution is 7.99. The number of thioether (sulfide) groups is 1. The van der Waals surface area contributed by atoms with E-state index in [1.165, 1.54) is 0 Å². The number of hydrogen-bond donors (Lipinski definition) is 1. The lowest BCUT2D eigenvalue weighted by Crippen LogP contribution is -2.03. The number of nitrogens with zero attached hydrogens (tertiary/aromatic N) is 4. The van der Waals surface area contributed by atoms with Crippen LogP contribution in [-0.4, -0.2) is 36.6 Å². The van der Waals surface area contributed by atoms with Gasteiger partial charge in [0.1, 0.15) is 6.33 Å². The van der Waals surface area contributed by atoms with Gasteiger partial charge in [0, 0.05) is 5.69 Å². The molecule has 94 valence electrons. The van der Waals surface area contributed by atoms with Crippen LogP contribution in [0.2, 0.25) is 0 Å². The van der Waals surface area contributed by atoms with Crippen LogP contribution in [0.15, 0.2) is 23.6 Å². The predicted molar refractivity (Wildman–Crippen MR) is 67.0 cm³/mol. The summed E-state index contributed by atoms with van der Waals surface area (Å²) in [5, 5.41) is 16.9. The standard InChI is InChI=1S/C11H12N4O2S/c1-7-3-4-9(8(2)13-7)15-6-12-14-11(15)18-5-10(16)17/h3-4,6H,5H2,1-2H3,(H,16,17). The largest absolute Gasteiger partial charge is 0.481 e. The number of carboxylic acid groups (broad SMARTS) is 1. The minimum absolute atomic E-state index is 0.0446. The summed E-state index contributed by atoms with van der Waals surface area (Å²) >= 11 is 1.13. The lowest BCUT2D eigenvalue weighted by molar-refractivity contribution is -0.133. The number of aryl methyl sites for hydroxylation is 2. The van der Waals surface area contributed by atoms with Gasteiger partial charge in [-0.05, 0) is 26.0 Å². The zero-order chi connectivity index (χ0) is 13.1. The van der Waals surface area contributed by atoms with Gasteiger partial charge in [0.05, 0.1) is 17.1 Å². The fourth-order valence-electron chi connectivity index (χ4n) is 1.55. The molecule has 0 atom stereocenters. The average Bonchev–Trinajstić information content (AvgIpc) is 2.74. The molecular formula is C11H12N4O2S. The van der Waals surface area contributed by atoms with Gasteiger partial charge < -0.3 is 5.11 Å². The van der Waals surface area contributed by atoms with E-state index in [0.29, 0.717) is 5.16 Å². The van der Waals surface area contributed by atoms with Crippen LogP contribution >= 0.6 is 11.8 Å². The smallest absolute Gasteiger partial charge is 0.313 e. The minimum atomic E-state index is -0.881. The Morgan fingerprint density at radius 3 is 2.89 bits per heavy atom. The van der Waals surface area contributed by atoms with Crippen molar-refractivity contribution in [3.8, 4) is 5.69 Å². The molecule has 2 aromatic heterocycles. The summed E-state index contributed by atoms with van der Waals surface area (Å²) < 4.78 is 1.75. The summed E-state index contributed by atoms with van der Waals surface area (Å²) in [6.07, 6.45) is 1.56. The third kappa shape index (κ3) is 2.67.